The summed E-state index contributed by atoms with van der Waals surface area (Å²) in [6.07, 6.45) is 11.6. The monoisotopic (exact) mass is 398 g/mol. The maximum absolute atomic E-state index is 12.1. The Kier molecular flexibility index (Phi) is 4.57. The Morgan fingerprint density at radius 2 is 1.76 bits per heavy atom. The number of esters is 1. The molecule has 160 valence electrons. The molecule has 3 nitrogen and oxygen atoms in total. The Morgan fingerprint density at radius 1 is 0.966 bits per heavy atom. The molecule has 29 heavy (non-hydrogen) atoms. The molecular formula is C26H38O3. The van der Waals surface area contributed by atoms with Gasteiger partial charge < -0.3 is 4.74 Å². The summed E-state index contributed by atoms with van der Waals surface area (Å²) in [5.74, 6) is 5.04. The smallest absolute Gasteiger partial charge is 0.306 e. The van der Waals surface area contributed by atoms with Gasteiger partial charge in [-0.3, -0.25) is 9.59 Å². The number of carbonyl (C=O) groups excluding carboxylic acids is 2. The van der Waals surface area contributed by atoms with Gasteiger partial charge in [0.1, 0.15) is 5.60 Å². The van der Waals surface area contributed by atoms with Crippen LogP contribution in [0, 0.1) is 46.8 Å². The highest BCUT2D eigenvalue weighted by molar-refractivity contribution is 5.91. The number of carbonyl (C=O) groups is 2. The van der Waals surface area contributed by atoms with E-state index in [0.717, 1.165) is 37.0 Å². The SMILES string of the molecule is C[C@@H]1C([C@H]2C[C@H]2C2=CC(=O)CCC2(C)C)CCC[C@H](C)[C@]2(CCC(=O)O2)[C@H]2C[C@@H]12. The van der Waals surface area contributed by atoms with Gasteiger partial charge in [-0.25, -0.2) is 0 Å². The molecule has 0 N–H and O–H groups in total. The van der Waals surface area contributed by atoms with Gasteiger partial charge in [0.15, 0.2) is 5.78 Å². The minimum absolute atomic E-state index is 0.0318. The van der Waals surface area contributed by atoms with Crippen LogP contribution in [-0.2, 0) is 14.3 Å². The summed E-state index contributed by atoms with van der Waals surface area (Å²) >= 11 is 0. The van der Waals surface area contributed by atoms with Crippen LogP contribution in [0.4, 0.5) is 0 Å². The Balaban J connectivity index is 1.35. The van der Waals surface area contributed by atoms with E-state index in [0.29, 0.717) is 35.9 Å². The van der Waals surface area contributed by atoms with E-state index in [2.05, 4.69) is 27.7 Å². The molecule has 0 aromatic carbocycles. The second-order valence-electron chi connectivity index (χ2n) is 11.7. The van der Waals surface area contributed by atoms with Crippen molar-refractivity contribution < 1.29 is 14.3 Å². The van der Waals surface area contributed by atoms with Crippen LogP contribution in [0.15, 0.2) is 11.6 Å². The van der Waals surface area contributed by atoms with Gasteiger partial charge in [-0.05, 0) is 85.5 Å². The lowest BCUT2D eigenvalue weighted by atomic mass is 9.71. The fourth-order valence-corrected chi connectivity index (χ4v) is 7.71. The quantitative estimate of drug-likeness (QED) is 0.559. The molecule has 3 saturated carbocycles. The van der Waals surface area contributed by atoms with Crippen molar-refractivity contribution in [2.45, 2.75) is 91.1 Å². The lowest BCUT2D eigenvalue weighted by molar-refractivity contribution is -0.155. The van der Waals surface area contributed by atoms with Crippen LogP contribution in [0.5, 0.6) is 0 Å². The van der Waals surface area contributed by atoms with Crippen LogP contribution in [0.25, 0.3) is 0 Å². The fourth-order valence-electron chi connectivity index (χ4n) is 7.71. The number of hydrogen-bond acceptors (Lipinski definition) is 3. The van der Waals surface area contributed by atoms with Gasteiger partial charge in [0.05, 0.1) is 0 Å². The molecule has 0 aromatic heterocycles. The second kappa shape index (κ2) is 6.69. The van der Waals surface area contributed by atoms with Crippen LogP contribution >= 0.6 is 0 Å². The standard InChI is InChI=1S/C26H38O3/c1-15-6-5-7-18(16(2)19-14-23(19)26(15)11-9-24(28)29-26)20-13-21(20)22-12-17(27)8-10-25(22,3)4/h12,15-16,18-21,23H,5-11,13-14H2,1-4H3/t15-,16+,18?,19-,20+,21+,23-,26+/m0/s1. The van der Waals surface area contributed by atoms with Gasteiger partial charge in [-0.1, -0.05) is 39.7 Å². The Hall–Kier alpha value is -1.12. The first-order valence-electron chi connectivity index (χ1n) is 12.2. The highest BCUT2D eigenvalue weighted by Crippen LogP contribution is 2.65. The zero-order valence-corrected chi connectivity index (χ0v) is 18.7. The van der Waals surface area contributed by atoms with Crippen LogP contribution in [-0.4, -0.2) is 17.4 Å². The van der Waals surface area contributed by atoms with E-state index in [1.54, 1.807) is 0 Å². The molecule has 0 aromatic rings. The summed E-state index contributed by atoms with van der Waals surface area (Å²) < 4.78 is 6.08. The highest BCUT2D eigenvalue weighted by atomic mass is 16.6. The maximum Gasteiger partial charge on any atom is 0.306 e. The van der Waals surface area contributed by atoms with Crippen molar-refractivity contribution in [3.8, 4) is 0 Å². The maximum atomic E-state index is 12.1. The average molecular weight is 399 g/mol. The van der Waals surface area contributed by atoms with Gasteiger partial charge in [0, 0.05) is 18.8 Å². The molecule has 4 aliphatic carbocycles. The summed E-state index contributed by atoms with van der Waals surface area (Å²) in [4.78, 5) is 24.2. The van der Waals surface area contributed by atoms with Crippen molar-refractivity contribution in [2.75, 3.05) is 0 Å². The molecule has 3 heteroatoms. The fraction of sp³-hybridized carbons (Fsp3) is 0.846. The van der Waals surface area contributed by atoms with Crippen molar-refractivity contribution in [1.29, 1.82) is 0 Å². The van der Waals surface area contributed by atoms with Crippen molar-refractivity contribution in [2.24, 2.45) is 46.8 Å². The van der Waals surface area contributed by atoms with Gasteiger partial charge in [-0.15, -0.1) is 0 Å². The molecule has 1 aliphatic heterocycles. The zero-order valence-electron chi connectivity index (χ0n) is 18.7. The molecule has 5 aliphatic rings. The summed E-state index contributed by atoms with van der Waals surface area (Å²) in [5, 5.41) is 0. The van der Waals surface area contributed by atoms with Gasteiger partial charge in [-0.2, -0.15) is 0 Å². The topological polar surface area (TPSA) is 43.4 Å². The predicted molar refractivity (Wildman–Crippen MR) is 113 cm³/mol. The normalized spacial score (nSPS) is 48.8. The molecule has 1 heterocycles. The van der Waals surface area contributed by atoms with E-state index in [1.807, 2.05) is 6.08 Å². The molecule has 5 rings (SSSR count). The van der Waals surface area contributed by atoms with Crippen molar-refractivity contribution in [3.05, 3.63) is 11.6 Å². The summed E-state index contributed by atoms with van der Waals surface area (Å²) in [6, 6.07) is 0. The molecule has 4 fully saturated rings. The predicted octanol–water partition coefficient (Wildman–Crippen LogP) is 5.72. The van der Waals surface area contributed by atoms with E-state index >= 15 is 0 Å². The lowest BCUT2D eigenvalue weighted by Crippen LogP contribution is -2.39. The van der Waals surface area contributed by atoms with E-state index in [1.165, 1.54) is 37.7 Å². The first-order valence-corrected chi connectivity index (χ1v) is 12.2. The Bertz CT molecular complexity index is 749. The van der Waals surface area contributed by atoms with Crippen molar-refractivity contribution >= 4 is 11.8 Å². The number of allylic oxidation sites excluding steroid dienone is 2. The summed E-state index contributed by atoms with van der Waals surface area (Å²) in [5.41, 5.74) is 1.48. The molecule has 0 radical (unpaired) electrons. The number of hydrogen-bond donors (Lipinski definition) is 0. The third kappa shape index (κ3) is 3.22. The van der Waals surface area contributed by atoms with E-state index < -0.39 is 0 Å². The lowest BCUT2D eigenvalue weighted by Gasteiger charge is -2.35. The largest absolute Gasteiger partial charge is 0.458 e. The summed E-state index contributed by atoms with van der Waals surface area (Å²) in [7, 11) is 0. The molecule has 0 bridgehead atoms. The number of fused-ring (bicyclic) bond motifs is 2. The van der Waals surface area contributed by atoms with Crippen LogP contribution in [0.2, 0.25) is 0 Å². The van der Waals surface area contributed by atoms with Crippen molar-refractivity contribution in [1.82, 2.24) is 0 Å². The molecular weight excluding hydrogens is 360 g/mol. The average Bonchev–Trinajstić information content (AvgIpc) is 3.58. The molecule has 8 atom stereocenters. The van der Waals surface area contributed by atoms with E-state index in [4.69, 9.17) is 4.74 Å². The highest BCUT2D eigenvalue weighted by Gasteiger charge is 2.63. The third-order valence-corrected chi connectivity index (χ3v) is 9.73. The van der Waals surface area contributed by atoms with E-state index in [-0.39, 0.29) is 17.0 Å². The second-order valence-corrected chi connectivity index (χ2v) is 11.7. The van der Waals surface area contributed by atoms with Gasteiger partial charge >= 0.3 is 5.97 Å². The molecule has 1 unspecified atom stereocenters. The van der Waals surface area contributed by atoms with Gasteiger partial charge in [0.25, 0.3) is 0 Å². The minimum Gasteiger partial charge on any atom is -0.458 e. The third-order valence-electron chi connectivity index (χ3n) is 9.73. The van der Waals surface area contributed by atoms with Gasteiger partial charge in [0.2, 0.25) is 0 Å². The Labute approximate surface area is 176 Å². The zero-order chi connectivity index (χ0) is 20.6. The molecule has 1 saturated heterocycles. The number of rotatable bonds is 2. The molecule has 0 amide bonds. The number of ether oxygens (including phenoxy) is 1. The minimum atomic E-state index is -0.159. The summed E-state index contributed by atoms with van der Waals surface area (Å²) in [6.45, 7) is 9.49. The van der Waals surface area contributed by atoms with Crippen LogP contribution < -0.4 is 0 Å². The first kappa shape index (κ1) is 19.8. The van der Waals surface area contributed by atoms with Crippen LogP contribution in [0.1, 0.15) is 85.5 Å². The first-order chi connectivity index (χ1) is 13.7. The van der Waals surface area contributed by atoms with Crippen molar-refractivity contribution in [3.63, 3.8) is 0 Å². The molecule has 1 spiro atoms. The Morgan fingerprint density at radius 3 is 2.48 bits per heavy atom. The van der Waals surface area contributed by atoms with Crippen LogP contribution in [0.3, 0.4) is 0 Å². The van der Waals surface area contributed by atoms with E-state index in [9.17, 15) is 9.59 Å². The number of ketones is 1.